The van der Waals surface area contributed by atoms with E-state index in [2.05, 4.69) is 76.2 Å². The molecule has 0 spiro atoms. The van der Waals surface area contributed by atoms with Crippen LogP contribution in [-0.2, 0) is 19.4 Å². The Kier molecular flexibility index (Phi) is 5.56. The van der Waals surface area contributed by atoms with Crippen molar-refractivity contribution >= 4 is 15.9 Å². The second-order valence-electron chi connectivity index (χ2n) is 5.23. The van der Waals surface area contributed by atoms with Gasteiger partial charge in [-0.05, 0) is 43.5 Å². The van der Waals surface area contributed by atoms with E-state index in [1.165, 1.54) is 16.8 Å². The molecule has 0 aliphatic heterocycles. The highest BCUT2D eigenvalue weighted by Crippen LogP contribution is 2.23. The van der Waals surface area contributed by atoms with Gasteiger partial charge in [0.15, 0.2) is 0 Å². The second kappa shape index (κ2) is 7.20. The quantitative estimate of drug-likeness (QED) is 0.620. The van der Waals surface area contributed by atoms with Crippen LogP contribution in [0, 0.1) is 6.92 Å². The molecule has 0 aliphatic carbocycles. The predicted molar refractivity (Wildman–Crippen MR) is 89.9 cm³/mol. The van der Waals surface area contributed by atoms with Crippen molar-refractivity contribution in [2.24, 2.45) is 5.84 Å². The van der Waals surface area contributed by atoms with Gasteiger partial charge in [-0.2, -0.15) is 5.10 Å². The predicted octanol–water partition coefficient (Wildman–Crippen LogP) is 3.28. The molecule has 114 valence electrons. The molecule has 2 aromatic rings. The maximum absolute atomic E-state index is 5.78. The van der Waals surface area contributed by atoms with E-state index in [0.717, 1.165) is 29.6 Å². The third-order valence-electron chi connectivity index (χ3n) is 3.77. The Morgan fingerprint density at radius 3 is 2.67 bits per heavy atom. The summed E-state index contributed by atoms with van der Waals surface area (Å²) in [6.07, 6.45) is 1.79. The summed E-state index contributed by atoms with van der Waals surface area (Å²) >= 11 is 3.54. The van der Waals surface area contributed by atoms with E-state index in [-0.39, 0.29) is 6.04 Å². The monoisotopic (exact) mass is 350 g/mol. The van der Waals surface area contributed by atoms with Crippen LogP contribution < -0.4 is 11.3 Å². The van der Waals surface area contributed by atoms with Gasteiger partial charge >= 0.3 is 0 Å². The van der Waals surface area contributed by atoms with E-state index < -0.39 is 0 Å². The van der Waals surface area contributed by atoms with E-state index >= 15 is 0 Å². The van der Waals surface area contributed by atoms with Crippen LogP contribution in [0.3, 0.4) is 0 Å². The van der Waals surface area contributed by atoms with Gasteiger partial charge in [0.2, 0.25) is 0 Å². The number of aryl methyl sites for hydroxylation is 3. The Labute approximate surface area is 134 Å². The molecule has 0 bridgehead atoms. The van der Waals surface area contributed by atoms with Crippen molar-refractivity contribution in [2.75, 3.05) is 0 Å². The maximum Gasteiger partial charge on any atom is 0.0624 e. The number of benzene rings is 1. The molecule has 0 saturated carbocycles. The molecule has 0 amide bonds. The summed E-state index contributed by atoms with van der Waals surface area (Å²) in [5.41, 5.74) is 7.70. The van der Waals surface area contributed by atoms with Gasteiger partial charge < -0.3 is 0 Å². The van der Waals surface area contributed by atoms with Crippen molar-refractivity contribution in [1.29, 1.82) is 0 Å². The first-order chi connectivity index (χ1) is 10.1. The third kappa shape index (κ3) is 3.73. The molecule has 5 heteroatoms. The minimum absolute atomic E-state index is 0.0866. The highest BCUT2D eigenvalue weighted by Gasteiger charge is 2.15. The van der Waals surface area contributed by atoms with E-state index in [1.807, 2.05) is 0 Å². The third-order valence-corrected chi connectivity index (χ3v) is 4.66. The normalized spacial score (nSPS) is 12.6. The summed E-state index contributed by atoms with van der Waals surface area (Å²) in [6, 6.07) is 8.61. The van der Waals surface area contributed by atoms with Gasteiger partial charge in [0.05, 0.1) is 11.7 Å². The Hall–Kier alpha value is -1.17. The Morgan fingerprint density at radius 2 is 2.10 bits per heavy atom. The van der Waals surface area contributed by atoms with Gasteiger partial charge in [-0.3, -0.25) is 16.0 Å². The minimum Gasteiger partial charge on any atom is -0.271 e. The highest BCUT2D eigenvalue weighted by atomic mass is 79.9. The average molecular weight is 351 g/mol. The number of aromatic nitrogens is 2. The number of hydrogen-bond donors (Lipinski definition) is 2. The molecule has 0 aliphatic rings. The van der Waals surface area contributed by atoms with Crippen molar-refractivity contribution in [3.05, 3.63) is 51.3 Å². The molecular formula is C16H23BrN4. The molecule has 0 fully saturated rings. The molecule has 0 radical (unpaired) electrons. The van der Waals surface area contributed by atoms with E-state index in [0.29, 0.717) is 0 Å². The number of nitrogens with two attached hydrogens (primary N) is 1. The van der Waals surface area contributed by atoms with Crippen molar-refractivity contribution < 1.29 is 0 Å². The summed E-state index contributed by atoms with van der Waals surface area (Å²) < 4.78 is 3.18. The standard InChI is InChI=1S/C16H23BrN4/c1-4-13-9-14(21(5-2)20-13)10-16(19-18)12-6-7-15(17)11(3)8-12/h6-9,16,19H,4-5,10,18H2,1-3H3. The Balaban J connectivity index is 2.26. The van der Waals surface area contributed by atoms with Crippen LogP contribution in [0.4, 0.5) is 0 Å². The van der Waals surface area contributed by atoms with Crippen LogP contribution in [0.2, 0.25) is 0 Å². The number of rotatable bonds is 6. The summed E-state index contributed by atoms with van der Waals surface area (Å²) in [5, 5.41) is 4.60. The van der Waals surface area contributed by atoms with Crippen LogP contribution in [0.1, 0.15) is 42.4 Å². The van der Waals surface area contributed by atoms with Gasteiger partial charge in [-0.15, -0.1) is 0 Å². The molecule has 0 saturated heterocycles. The lowest BCUT2D eigenvalue weighted by molar-refractivity contribution is 0.516. The summed E-state index contributed by atoms with van der Waals surface area (Å²) in [6.45, 7) is 7.21. The van der Waals surface area contributed by atoms with Crippen LogP contribution in [0.5, 0.6) is 0 Å². The van der Waals surface area contributed by atoms with Crippen molar-refractivity contribution in [1.82, 2.24) is 15.2 Å². The summed E-state index contributed by atoms with van der Waals surface area (Å²) in [4.78, 5) is 0. The molecule has 1 heterocycles. The van der Waals surface area contributed by atoms with Crippen LogP contribution in [-0.4, -0.2) is 9.78 Å². The smallest absolute Gasteiger partial charge is 0.0624 e. The molecular weight excluding hydrogens is 328 g/mol. The van der Waals surface area contributed by atoms with E-state index in [9.17, 15) is 0 Å². The fourth-order valence-electron chi connectivity index (χ4n) is 2.49. The van der Waals surface area contributed by atoms with Crippen molar-refractivity contribution in [3.63, 3.8) is 0 Å². The van der Waals surface area contributed by atoms with E-state index in [4.69, 9.17) is 5.84 Å². The Morgan fingerprint density at radius 1 is 1.33 bits per heavy atom. The first-order valence-corrected chi connectivity index (χ1v) is 8.16. The number of hydrazine groups is 1. The molecule has 3 N–H and O–H groups in total. The van der Waals surface area contributed by atoms with Gasteiger partial charge in [0.1, 0.15) is 0 Å². The zero-order valence-corrected chi connectivity index (χ0v) is 14.4. The SMILES string of the molecule is CCc1cc(CC(NN)c2ccc(Br)c(C)c2)n(CC)n1. The van der Waals surface area contributed by atoms with Gasteiger partial charge in [-0.1, -0.05) is 35.0 Å². The molecule has 1 atom stereocenters. The molecule has 2 rings (SSSR count). The van der Waals surface area contributed by atoms with Crippen LogP contribution in [0.25, 0.3) is 0 Å². The molecule has 1 aromatic heterocycles. The lowest BCUT2D eigenvalue weighted by Crippen LogP contribution is -2.30. The van der Waals surface area contributed by atoms with Gasteiger partial charge in [-0.25, -0.2) is 0 Å². The number of halogens is 1. The molecule has 1 aromatic carbocycles. The lowest BCUT2D eigenvalue weighted by Gasteiger charge is -2.18. The van der Waals surface area contributed by atoms with Crippen molar-refractivity contribution in [2.45, 2.75) is 46.2 Å². The van der Waals surface area contributed by atoms with Crippen molar-refractivity contribution in [3.8, 4) is 0 Å². The number of hydrogen-bond acceptors (Lipinski definition) is 3. The van der Waals surface area contributed by atoms with Gasteiger partial charge in [0, 0.05) is 23.1 Å². The number of nitrogens with zero attached hydrogens (tertiary/aromatic N) is 2. The lowest BCUT2D eigenvalue weighted by atomic mass is 10.0. The molecule has 4 nitrogen and oxygen atoms in total. The van der Waals surface area contributed by atoms with E-state index in [1.54, 1.807) is 0 Å². The maximum atomic E-state index is 5.78. The zero-order chi connectivity index (χ0) is 15.4. The zero-order valence-electron chi connectivity index (χ0n) is 12.9. The topological polar surface area (TPSA) is 55.9 Å². The fourth-order valence-corrected chi connectivity index (χ4v) is 2.74. The highest BCUT2D eigenvalue weighted by molar-refractivity contribution is 9.10. The first kappa shape index (κ1) is 16.2. The molecule has 1 unspecified atom stereocenters. The average Bonchev–Trinajstić information content (AvgIpc) is 2.90. The molecule has 21 heavy (non-hydrogen) atoms. The first-order valence-electron chi connectivity index (χ1n) is 7.36. The second-order valence-corrected chi connectivity index (χ2v) is 6.08. The summed E-state index contributed by atoms with van der Waals surface area (Å²) in [5.74, 6) is 5.78. The van der Waals surface area contributed by atoms with Crippen LogP contribution >= 0.6 is 15.9 Å². The largest absolute Gasteiger partial charge is 0.271 e. The number of nitrogens with one attached hydrogen (secondary N) is 1. The summed E-state index contributed by atoms with van der Waals surface area (Å²) in [7, 11) is 0. The van der Waals surface area contributed by atoms with Gasteiger partial charge in [0.25, 0.3) is 0 Å². The van der Waals surface area contributed by atoms with Crippen LogP contribution in [0.15, 0.2) is 28.7 Å². The Bertz CT molecular complexity index is 606. The minimum atomic E-state index is 0.0866. The fraction of sp³-hybridized carbons (Fsp3) is 0.438.